The summed E-state index contributed by atoms with van der Waals surface area (Å²) in [6, 6.07) is 10.3. The molecule has 1 aliphatic heterocycles. The van der Waals surface area contributed by atoms with Crippen molar-refractivity contribution in [2.24, 2.45) is 0 Å². The van der Waals surface area contributed by atoms with Gasteiger partial charge in [-0.3, -0.25) is 4.79 Å². The summed E-state index contributed by atoms with van der Waals surface area (Å²) >= 11 is 7.91. The number of amides is 1. The van der Waals surface area contributed by atoms with Crippen LogP contribution in [0.25, 0.3) is 0 Å². The van der Waals surface area contributed by atoms with E-state index in [9.17, 15) is 4.79 Å². The first kappa shape index (κ1) is 15.4. The van der Waals surface area contributed by atoms with Gasteiger partial charge in [-0.05, 0) is 56.0 Å². The molecule has 2 aromatic rings. The lowest BCUT2D eigenvalue weighted by molar-refractivity contribution is -0.115. The second kappa shape index (κ2) is 5.98. The highest BCUT2D eigenvalue weighted by Gasteiger charge is 2.28. The summed E-state index contributed by atoms with van der Waals surface area (Å²) in [5, 5.41) is 3.52. The van der Waals surface area contributed by atoms with E-state index in [1.807, 2.05) is 26.0 Å². The summed E-state index contributed by atoms with van der Waals surface area (Å²) < 4.78 is 0. The number of rotatable bonds is 2. The number of hydrogen-bond donors (Lipinski definition) is 1. The number of halogens is 1. The molecule has 2 aromatic carbocycles. The molecule has 0 fully saturated rings. The minimum atomic E-state index is -0.0893. The van der Waals surface area contributed by atoms with Crippen LogP contribution >= 0.6 is 23.4 Å². The second-order valence-corrected chi connectivity index (χ2v) is 7.50. The Labute approximate surface area is 140 Å². The van der Waals surface area contributed by atoms with Gasteiger partial charge in [0.1, 0.15) is 0 Å². The highest BCUT2D eigenvalue weighted by atomic mass is 35.5. The first-order chi connectivity index (χ1) is 10.4. The molecule has 0 saturated carbocycles. The first-order valence-electron chi connectivity index (χ1n) is 7.28. The van der Waals surface area contributed by atoms with Crippen LogP contribution in [-0.2, 0) is 11.2 Å². The lowest BCUT2D eigenvalue weighted by Crippen LogP contribution is -2.25. The van der Waals surface area contributed by atoms with E-state index < -0.39 is 0 Å². The van der Waals surface area contributed by atoms with Crippen LogP contribution in [0, 0.1) is 20.8 Å². The van der Waals surface area contributed by atoms with Gasteiger partial charge < -0.3 is 5.32 Å². The zero-order chi connectivity index (χ0) is 15.9. The second-order valence-electron chi connectivity index (χ2n) is 5.85. The fourth-order valence-electron chi connectivity index (χ4n) is 2.76. The Morgan fingerprint density at radius 2 is 1.95 bits per heavy atom. The van der Waals surface area contributed by atoms with E-state index in [4.69, 9.17) is 11.6 Å². The van der Waals surface area contributed by atoms with E-state index in [0.717, 1.165) is 23.2 Å². The van der Waals surface area contributed by atoms with Crippen molar-refractivity contribution in [3.05, 3.63) is 57.6 Å². The van der Waals surface area contributed by atoms with Crippen LogP contribution in [0.1, 0.15) is 22.3 Å². The Morgan fingerprint density at radius 3 is 2.68 bits per heavy atom. The van der Waals surface area contributed by atoms with Crippen LogP contribution in [-0.4, -0.2) is 11.2 Å². The summed E-state index contributed by atoms with van der Waals surface area (Å²) in [6.45, 7) is 6.04. The van der Waals surface area contributed by atoms with Crippen LogP contribution in [0.2, 0.25) is 5.02 Å². The van der Waals surface area contributed by atoms with Gasteiger partial charge in [0, 0.05) is 4.90 Å². The summed E-state index contributed by atoms with van der Waals surface area (Å²) in [6.07, 6.45) is 0.772. The molecule has 0 aliphatic carbocycles. The van der Waals surface area contributed by atoms with Gasteiger partial charge in [0.25, 0.3) is 0 Å². The predicted octanol–water partition coefficient (Wildman–Crippen LogP) is 4.92. The van der Waals surface area contributed by atoms with Crippen LogP contribution in [0.5, 0.6) is 0 Å². The number of hydrogen-bond acceptors (Lipinski definition) is 2. The highest BCUT2D eigenvalue weighted by molar-refractivity contribution is 8.01. The summed E-state index contributed by atoms with van der Waals surface area (Å²) in [4.78, 5) is 13.8. The molecular weight excluding hydrogens is 314 g/mol. The number of carbonyl (C=O) groups excluding carboxylic acids is 1. The van der Waals surface area contributed by atoms with E-state index in [-0.39, 0.29) is 11.2 Å². The zero-order valence-electron chi connectivity index (χ0n) is 12.9. The molecular formula is C18H18ClNOS. The molecule has 22 heavy (non-hydrogen) atoms. The third-order valence-corrected chi connectivity index (χ3v) is 5.47. The number of carbonyl (C=O) groups is 1. The Kier molecular flexibility index (Phi) is 4.20. The van der Waals surface area contributed by atoms with E-state index >= 15 is 0 Å². The lowest BCUT2D eigenvalue weighted by atomic mass is 10.1. The van der Waals surface area contributed by atoms with E-state index in [2.05, 4.69) is 30.4 Å². The number of anilines is 1. The average Bonchev–Trinajstić information content (AvgIpc) is 2.85. The highest BCUT2D eigenvalue weighted by Crippen LogP contribution is 2.38. The van der Waals surface area contributed by atoms with Crippen molar-refractivity contribution in [1.29, 1.82) is 0 Å². The number of thioether (sulfide) groups is 1. The Balaban J connectivity index is 1.77. The topological polar surface area (TPSA) is 29.1 Å². The molecule has 1 unspecified atom stereocenters. The van der Waals surface area contributed by atoms with Crippen LogP contribution in [0.15, 0.2) is 35.2 Å². The average molecular weight is 332 g/mol. The van der Waals surface area contributed by atoms with Crippen molar-refractivity contribution in [1.82, 2.24) is 0 Å². The molecule has 3 rings (SSSR count). The fraction of sp³-hybridized carbons (Fsp3) is 0.278. The molecule has 1 atom stereocenters. The van der Waals surface area contributed by atoms with Crippen LogP contribution < -0.4 is 5.32 Å². The van der Waals surface area contributed by atoms with Gasteiger partial charge in [0.15, 0.2) is 0 Å². The maximum absolute atomic E-state index is 12.6. The molecule has 1 heterocycles. The third kappa shape index (κ3) is 3.01. The Bertz CT molecular complexity index is 734. The number of nitrogens with one attached hydrogen (secondary N) is 1. The smallest absolute Gasteiger partial charge is 0.238 e. The molecule has 0 radical (unpaired) electrons. The maximum Gasteiger partial charge on any atom is 0.238 e. The molecule has 1 aliphatic rings. The third-order valence-electron chi connectivity index (χ3n) is 3.87. The Morgan fingerprint density at radius 1 is 1.18 bits per heavy atom. The molecule has 4 heteroatoms. The molecule has 114 valence electrons. The van der Waals surface area contributed by atoms with Crippen molar-refractivity contribution in [3.63, 3.8) is 0 Å². The van der Waals surface area contributed by atoms with Crippen molar-refractivity contribution >= 4 is 35.0 Å². The molecule has 0 bridgehead atoms. The quantitative estimate of drug-likeness (QED) is 0.846. The molecule has 1 N–H and O–H groups in total. The van der Waals surface area contributed by atoms with E-state index in [1.165, 1.54) is 16.0 Å². The Hall–Kier alpha value is -1.45. The van der Waals surface area contributed by atoms with Crippen molar-refractivity contribution < 1.29 is 4.79 Å². The minimum Gasteiger partial charge on any atom is -0.324 e. The summed E-state index contributed by atoms with van der Waals surface area (Å²) in [5.74, 6) is 0.0210. The normalized spacial score (nSPS) is 16.5. The zero-order valence-corrected chi connectivity index (χ0v) is 14.4. The fourth-order valence-corrected chi connectivity index (χ4v) is 4.42. The van der Waals surface area contributed by atoms with Crippen molar-refractivity contribution in [2.75, 3.05) is 5.32 Å². The van der Waals surface area contributed by atoms with Gasteiger partial charge >= 0.3 is 0 Å². The van der Waals surface area contributed by atoms with Crippen LogP contribution in [0.4, 0.5) is 5.69 Å². The predicted molar refractivity (Wildman–Crippen MR) is 94.1 cm³/mol. The van der Waals surface area contributed by atoms with Gasteiger partial charge in [-0.25, -0.2) is 0 Å². The molecule has 0 spiro atoms. The molecule has 1 amide bonds. The van der Waals surface area contributed by atoms with Gasteiger partial charge in [0.05, 0.1) is 16.0 Å². The van der Waals surface area contributed by atoms with Gasteiger partial charge in [-0.1, -0.05) is 35.4 Å². The monoisotopic (exact) mass is 331 g/mol. The largest absolute Gasteiger partial charge is 0.324 e. The number of aryl methyl sites for hydroxylation is 3. The van der Waals surface area contributed by atoms with Crippen LogP contribution in [0.3, 0.4) is 0 Å². The van der Waals surface area contributed by atoms with Gasteiger partial charge in [-0.15, -0.1) is 11.8 Å². The molecule has 2 nitrogen and oxygen atoms in total. The SMILES string of the molecule is Cc1cc(C)c(NC(=O)C2Cc3ccc(C)cc3S2)c(Cl)c1. The van der Waals surface area contributed by atoms with E-state index in [1.54, 1.807) is 11.8 Å². The van der Waals surface area contributed by atoms with Crippen molar-refractivity contribution in [2.45, 2.75) is 37.3 Å². The number of fused-ring (bicyclic) bond motifs is 1. The summed E-state index contributed by atoms with van der Waals surface area (Å²) in [5.41, 5.74) is 5.30. The van der Waals surface area contributed by atoms with E-state index in [0.29, 0.717) is 5.02 Å². The van der Waals surface area contributed by atoms with Crippen molar-refractivity contribution in [3.8, 4) is 0 Å². The van der Waals surface area contributed by atoms with Gasteiger partial charge in [0.2, 0.25) is 5.91 Å². The summed E-state index contributed by atoms with van der Waals surface area (Å²) in [7, 11) is 0. The van der Waals surface area contributed by atoms with Gasteiger partial charge in [-0.2, -0.15) is 0 Å². The standard InChI is InChI=1S/C18H18ClNOS/c1-10-4-5-13-9-16(22-15(13)8-10)18(21)20-17-12(3)6-11(2)7-14(17)19/h4-8,16H,9H2,1-3H3,(H,20,21). The number of benzene rings is 2. The lowest BCUT2D eigenvalue weighted by Gasteiger charge is -2.14. The first-order valence-corrected chi connectivity index (χ1v) is 8.53. The molecule has 0 aromatic heterocycles. The molecule has 0 saturated heterocycles. The maximum atomic E-state index is 12.6. The minimum absolute atomic E-state index is 0.0210.